The van der Waals surface area contributed by atoms with Gasteiger partial charge in [0.05, 0.1) is 10.5 Å². The van der Waals surface area contributed by atoms with E-state index in [2.05, 4.69) is 17.0 Å². The molecule has 2 aromatic rings. The fraction of sp³-hybridized carbons (Fsp3) is 0.385. The van der Waals surface area contributed by atoms with Gasteiger partial charge in [0.1, 0.15) is 5.82 Å². The first-order valence-corrected chi connectivity index (χ1v) is 6.32. The Hall–Kier alpha value is -2.24. The van der Waals surface area contributed by atoms with Gasteiger partial charge in [-0.05, 0) is 18.4 Å². The maximum atomic E-state index is 11.0. The summed E-state index contributed by atoms with van der Waals surface area (Å²) in [6, 6.07) is 6.60. The molecule has 0 spiro atoms. The molecule has 1 unspecified atom stereocenters. The van der Waals surface area contributed by atoms with Crippen molar-refractivity contribution >= 4 is 5.69 Å². The average Bonchev–Trinajstić information content (AvgIpc) is 2.81. The number of hydrogen-bond acceptors (Lipinski definition) is 4. The summed E-state index contributed by atoms with van der Waals surface area (Å²) in [5, 5.41) is 15.4. The summed E-state index contributed by atoms with van der Waals surface area (Å²) >= 11 is 0. The van der Waals surface area contributed by atoms with Gasteiger partial charge in [-0.1, -0.05) is 19.1 Å². The second-order valence-electron chi connectivity index (χ2n) is 4.95. The molecule has 0 saturated carbocycles. The lowest BCUT2D eigenvalue weighted by atomic mass is 10.0. The van der Waals surface area contributed by atoms with Gasteiger partial charge < -0.3 is 0 Å². The maximum absolute atomic E-state index is 11.0. The summed E-state index contributed by atoms with van der Waals surface area (Å²) < 4.78 is 1.88. The highest BCUT2D eigenvalue weighted by Gasteiger charge is 2.23. The number of hydrogen-bond donors (Lipinski definition) is 0. The molecule has 1 atom stereocenters. The molecule has 19 heavy (non-hydrogen) atoms. The molecule has 6 heteroatoms. The molecule has 0 N–H and O–H groups in total. The Morgan fingerprint density at radius 1 is 1.42 bits per heavy atom. The Balaban J connectivity index is 2.06. The Bertz CT molecular complexity index is 635. The largest absolute Gasteiger partial charge is 0.280 e. The molecule has 6 nitrogen and oxygen atoms in total. The van der Waals surface area contributed by atoms with Crippen LogP contribution in [0.3, 0.4) is 0 Å². The molecule has 3 rings (SSSR count). The monoisotopic (exact) mass is 258 g/mol. The van der Waals surface area contributed by atoms with Crippen molar-refractivity contribution < 1.29 is 4.92 Å². The quantitative estimate of drug-likeness (QED) is 0.612. The minimum atomic E-state index is -0.391. The van der Waals surface area contributed by atoms with E-state index in [-0.39, 0.29) is 5.69 Å². The van der Waals surface area contributed by atoms with Crippen molar-refractivity contribution in [2.75, 3.05) is 0 Å². The Morgan fingerprint density at radius 3 is 3.00 bits per heavy atom. The first kappa shape index (κ1) is 11.8. The van der Waals surface area contributed by atoms with Crippen LogP contribution in [0, 0.1) is 16.0 Å². The van der Waals surface area contributed by atoms with E-state index in [1.807, 2.05) is 4.68 Å². The van der Waals surface area contributed by atoms with Gasteiger partial charge in [0.15, 0.2) is 5.82 Å². The topological polar surface area (TPSA) is 73.8 Å². The van der Waals surface area contributed by atoms with E-state index in [0.29, 0.717) is 17.3 Å². The highest BCUT2D eigenvalue weighted by molar-refractivity contribution is 5.67. The summed E-state index contributed by atoms with van der Waals surface area (Å²) in [6.07, 6.45) is 1.98. The molecule has 98 valence electrons. The highest BCUT2D eigenvalue weighted by atomic mass is 16.6. The van der Waals surface area contributed by atoms with Crippen LogP contribution in [0.25, 0.3) is 11.4 Å². The van der Waals surface area contributed by atoms with Crippen LogP contribution in [0.15, 0.2) is 24.3 Å². The molecule has 0 aliphatic carbocycles. The predicted octanol–water partition coefficient (Wildman–Crippen LogP) is 2.44. The second-order valence-corrected chi connectivity index (χ2v) is 4.95. The van der Waals surface area contributed by atoms with Crippen molar-refractivity contribution in [3.63, 3.8) is 0 Å². The van der Waals surface area contributed by atoms with Gasteiger partial charge in [-0.3, -0.25) is 10.1 Å². The van der Waals surface area contributed by atoms with Crippen LogP contribution in [0.1, 0.15) is 19.2 Å². The molecule has 0 radical (unpaired) electrons. The normalized spacial score (nSPS) is 18.1. The molecular weight excluding hydrogens is 244 g/mol. The fourth-order valence-corrected chi connectivity index (χ4v) is 2.40. The standard InChI is InChI=1S/C13H14N4O2/c1-9-6-7-12-14-13(15-16(12)8-9)10-4-2-3-5-11(10)17(18)19/h2-5,9H,6-8H2,1H3. The number of fused-ring (bicyclic) bond motifs is 1. The Morgan fingerprint density at radius 2 is 2.21 bits per heavy atom. The van der Waals surface area contributed by atoms with Crippen molar-refractivity contribution in [2.45, 2.75) is 26.3 Å². The number of nitro groups is 1. The molecule has 1 aliphatic heterocycles. The molecular formula is C13H14N4O2. The van der Waals surface area contributed by atoms with Crippen molar-refractivity contribution in [1.82, 2.24) is 14.8 Å². The molecule has 1 aromatic heterocycles. The average molecular weight is 258 g/mol. The van der Waals surface area contributed by atoms with Crippen LogP contribution in [0.2, 0.25) is 0 Å². The van der Waals surface area contributed by atoms with E-state index in [1.165, 1.54) is 6.07 Å². The number of para-hydroxylation sites is 1. The van der Waals surface area contributed by atoms with Crippen molar-refractivity contribution in [1.29, 1.82) is 0 Å². The van der Waals surface area contributed by atoms with Gasteiger partial charge in [0.2, 0.25) is 0 Å². The minimum absolute atomic E-state index is 0.0542. The van der Waals surface area contributed by atoms with Gasteiger partial charge in [0.25, 0.3) is 5.69 Å². The summed E-state index contributed by atoms with van der Waals surface area (Å²) in [5.74, 6) is 1.95. The number of aryl methyl sites for hydroxylation is 1. The number of benzene rings is 1. The third kappa shape index (κ3) is 2.09. The Labute approximate surface area is 110 Å². The van der Waals surface area contributed by atoms with Gasteiger partial charge in [-0.15, -0.1) is 0 Å². The lowest BCUT2D eigenvalue weighted by Crippen LogP contribution is -2.18. The summed E-state index contributed by atoms with van der Waals surface area (Å²) in [6.45, 7) is 3.01. The van der Waals surface area contributed by atoms with Crippen molar-refractivity contribution in [2.24, 2.45) is 5.92 Å². The smallest absolute Gasteiger partial charge is 0.258 e. The third-order valence-corrected chi connectivity index (χ3v) is 3.44. The van der Waals surface area contributed by atoms with Crippen molar-refractivity contribution in [3.05, 3.63) is 40.2 Å². The first-order chi connectivity index (χ1) is 9.15. The van der Waals surface area contributed by atoms with Crippen LogP contribution in [-0.2, 0) is 13.0 Å². The zero-order valence-corrected chi connectivity index (χ0v) is 10.6. The van der Waals surface area contributed by atoms with Crippen molar-refractivity contribution in [3.8, 4) is 11.4 Å². The fourth-order valence-electron chi connectivity index (χ4n) is 2.40. The SMILES string of the molecule is CC1CCc2nc(-c3ccccc3[N+](=O)[O-])nn2C1. The molecule has 1 aromatic carbocycles. The van der Waals surface area contributed by atoms with Crippen LogP contribution < -0.4 is 0 Å². The van der Waals surface area contributed by atoms with Crippen LogP contribution in [0.4, 0.5) is 5.69 Å². The number of nitro benzene ring substituents is 1. The third-order valence-electron chi connectivity index (χ3n) is 3.44. The van der Waals surface area contributed by atoms with Gasteiger partial charge >= 0.3 is 0 Å². The maximum Gasteiger partial charge on any atom is 0.280 e. The lowest BCUT2D eigenvalue weighted by Gasteiger charge is -2.17. The second kappa shape index (κ2) is 4.46. The lowest BCUT2D eigenvalue weighted by molar-refractivity contribution is -0.384. The predicted molar refractivity (Wildman–Crippen MR) is 69.6 cm³/mol. The zero-order chi connectivity index (χ0) is 13.4. The molecule has 0 saturated heterocycles. The number of aromatic nitrogens is 3. The van der Waals surface area contributed by atoms with Gasteiger partial charge in [-0.25, -0.2) is 9.67 Å². The van der Waals surface area contributed by atoms with E-state index < -0.39 is 4.92 Å². The summed E-state index contributed by atoms with van der Waals surface area (Å²) in [5.41, 5.74) is 0.542. The van der Waals surface area contributed by atoms with E-state index >= 15 is 0 Å². The zero-order valence-electron chi connectivity index (χ0n) is 10.6. The molecule has 0 amide bonds. The summed E-state index contributed by atoms with van der Waals surface area (Å²) in [7, 11) is 0. The van der Waals surface area contributed by atoms with Crippen LogP contribution >= 0.6 is 0 Å². The van der Waals surface area contributed by atoms with E-state index in [0.717, 1.165) is 25.2 Å². The van der Waals surface area contributed by atoms with Crippen LogP contribution in [-0.4, -0.2) is 19.7 Å². The van der Waals surface area contributed by atoms with E-state index in [4.69, 9.17) is 0 Å². The Kier molecular flexibility index (Phi) is 2.77. The highest BCUT2D eigenvalue weighted by Crippen LogP contribution is 2.28. The molecule has 0 bridgehead atoms. The molecule has 2 heterocycles. The number of rotatable bonds is 2. The van der Waals surface area contributed by atoms with Gasteiger partial charge in [0, 0.05) is 19.0 Å². The van der Waals surface area contributed by atoms with E-state index in [1.54, 1.807) is 18.2 Å². The molecule has 0 fully saturated rings. The first-order valence-electron chi connectivity index (χ1n) is 6.32. The van der Waals surface area contributed by atoms with E-state index in [9.17, 15) is 10.1 Å². The number of nitrogens with zero attached hydrogens (tertiary/aromatic N) is 4. The van der Waals surface area contributed by atoms with Gasteiger partial charge in [-0.2, -0.15) is 5.10 Å². The minimum Gasteiger partial charge on any atom is -0.258 e. The summed E-state index contributed by atoms with van der Waals surface area (Å²) in [4.78, 5) is 15.1. The van der Waals surface area contributed by atoms with Crippen LogP contribution in [0.5, 0.6) is 0 Å². The molecule has 1 aliphatic rings.